The molecule has 0 aliphatic heterocycles. The van der Waals surface area contributed by atoms with Crippen molar-refractivity contribution in [2.24, 2.45) is 0 Å². The first-order valence-electron chi connectivity index (χ1n) is 17.1. The van der Waals surface area contributed by atoms with E-state index < -0.39 is 0 Å². The van der Waals surface area contributed by atoms with Gasteiger partial charge in [-0.25, -0.2) is 0 Å². The standard InChI is InChI=1S/C48H31NS/c1-2-9-32(10-3-1)33-17-24-37(25-18-33)49(39-28-21-36-23-29-42-40-12-5-4-11-34(40)22-30-43(42)45(36)31-39)38-26-19-35(20-27-38)41-14-8-16-47-48(41)44-13-6-7-15-46(44)50-47/h1-31H. The van der Waals surface area contributed by atoms with Crippen LogP contribution in [0.4, 0.5) is 17.1 Å². The third-order valence-electron chi connectivity index (χ3n) is 10.1. The van der Waals surface area contributed by atoms with Crippen LogP contribution >= 0.6 is 11.3 Å². The summed E-state index contributed by atoms with van der Waals surface area (Å²) in [7, 11) is 0. The molecule has 50 heavy (non-hydrogen) atoms. The minimum atomic E-state index is 1.12. The molecule has 0 spiro atoms. The van der Waals surface area contributed by atoms with E-state index in [0.717, 1.165) is 17.1 Å². The second-order valence-electron chi connectivity index (χ2n) is 12.9. The van der Waals surface area contributed by atoms with E-state index in [9.17, 15) is 0 Å². The minimum absolute atomic E-state index is 1.12. The van der Waals surface area contributed by atoms with Gasteiger partial charge in [0, 0.05) is 37.2 Å². The van der Waals surface area contributed by atoms with Gasteiger partial charge in [0.25, 0.3) is 0 Å². The van der Waals surface area contributed by atoms with Gasteiger partial charge >= 0.3 is 0 Å². The van der Waals surface area contributed by atoms with Gasteiger partial charge in [-0.3, -0.25) is 0 Å². The van der Waals surface area contributed by atoms with Crippen LogP contribution in [0.25, 0.3) is 74.7 Å². The van der Waals surface area contributed by atoms with Crippen LogP contribution in [0.3, 0.4) is 0 Å². The summed E-state index contributed by atoms with van der Waals surface area (Å²) < 4.78 is 2.65. The SMILES string of the molecule is c1ccc(-c2ccc(N(c3ccc(-c4cccc5sc6ccccc6c45)cc3)c3ccc4ccc5c6ccccc6ccc5c4c3)cc2)cc1. The maximum atomic E-state index is 2.39. The lowest BCUT2D eigenvalue weighted by Gasteiger charge is -2.26. The molecule has 0 aliphatic carbocycles. The fourth-order valence-electron chi connectivity index (χ4n) is 7.63. The van der Waals surface area contributed by atoms with E-state index in [-0.39, 0.29) is 0 Å². The lowest BCUT2D eigenvalue weighted by Crippen LogP contribution is -2.09. The molecule has 2 heteroatoms. The fourth-order valence-corrected chi connectivity index (χ4v) is 8.76. The predicted octanol–water partition coefficient (Wildman–Crippen LogP) is 14.3. The van der Waals surface area contributed by atoms with Crippen molar-refractivity contribution in [2.75, 3.05) is 4.90 Å². The number of rotatable bonds is 5. The van der Waals surface area contributed by atoms with Crippen molar-refractivity contribution in [3.05, 3.63) is 188 Å². The zero-order valence-electron chi connectivity index (χ0n) is 27.3. The van der Waals surface area contributed by atoms with Crippen molar-refractivity contribution in [3.63, 3.8) is 0 Å². The van der Waals surface area contributed by atoms with E-state index in [1.165, 1.54) is 74.7 Å². The summed E-state index contributed by atoms with van der Waals surface area (Å²) in [4.78, 5) is 2.39. The van der Waals surface area contributed by atoms with Crippen molar-refractivity contribution in [1.82, 2.24) is 0 Å². The van der Waals surface area contributed by atoms with Crippen molar-refractivity contribution in [2.45, 2.75) is 0 Å². The van der Waals surface area contributed by atoms with Crippen LogP contribution in [0.1, 0.15) is 0 Å². The molecule has 0 fully saturated rings. The van der Waals surface area contributed by atoms with Gasteiger partial charge in [-0.15, -0.1) is 11.3 Å². The van der Waals surface area contributed by atoms with E-state index in [1.54, 1.807) is 0 Å². The normalized spacial score (nSPS) is 11.6. The van der Waals surface area contributed by atoms with Crippen LogP contribution in [0.15, 0.2) is 188 Å². The van der Waals surface area contributed by atoms with Crippen LogP contribution in [0, 0.1) is 0 Å². The molecule has 0 unspecified atom stereocenters. The van der Waals surface area contributed by atoms with E-state index in [1.807, 2.05) is 11.3 Å². The highest BCUT2D eigenvalue weighted by molar-refractivity contribution is 7.25. The summed E-state index contributed by atoms with van der Waals surface area (Å²) in [6, 6.07) is 68.7. The van der Waals surface area contributed by atoms with E-state index in [2.05, 4.69) is 193 Å². The highest BCUT2D eigenvalue weighted by atomic mass is 32.1. The maximum absolute atomic E-state index is 2.39. The molecular formula is C48H31NS. The van der Waals surface area contributed by atoms with Gasteiger partial charge in [0.05, 0.1) is 0 Å². The number of hydrogen-bond donors (Lipinski definition) is 0. The number of anilines is 3. The second kappa shape index (κ2) is 11.7. The lowest BCUT2D eigenvalue weighted by molar-refractivity contribution is 1.29. The Labute approximate surface area is 294 Å². The molecule has 0 saturated carbocycles. The van der Waals surface area contributed by atoms with Gasteiger partial charge in [0.15, 0.2) is 0 Å². The van der Waals surface area contributed by atoms with Gasteiger partial charge < -0.3 is 4.90 Å². The summed E-state index contributed by atoms with van der Waals surface area (Å²) in [6.45, 7) is 0. The number of hydrogen-bond acceptors (Lipinski definition) is 2. The Morgan fingerprint density at radius 3 is 1.66 bits per heavy atom. The molecule has 0 bridgehead atoms. The molecule has 1 heterocycles. The Morgan fingerprint density at radius 2 is 0.880 bits per heavy atom. The topological polar surface area (TPSA) is 3.24 Å². The van der Waals surface area contributed by atoms with Crippen LogP contribution in [0.5, 0.6) is 0 Å². The highest BCUT2D eigenvalue weighted by Crippen LogP contribution is 2.43. The first kappa shape index (κ1) is 28.8. The number of benzene rings is 9. The van der Waals surface area contributed by atoms with Crippen LogP contribution in [-0.2, 0) is 0 Å². The van der Waals surface area contributed by atoms with Crippen molar-refractivity contribution >= 4 is 80.9 Å². The molecule has 0 radical (unpaired) electrons. The molecule has 0 aliphatic rings. The molecule has 10 rings (SSSR count). The Bertz CT molecular complexity index is 2850. The van der Waals surface area contributed by atoms with Crippen LogP contribution in [-0.4, -0.2) is 0 Å². The summed E-state index contributed by atoms with van der Waals surface area (Å²) in [5, 5.41) is 10.3. The molecule has 0 N–H and O–H groups in total. The van der Waals surface area contributed by atoms with Crippen molar-refractivity contribution in [1.29, 1.82) is 0 Å². The lowest BCUT2D eigenvalue weighted by atomic mass is 9.96. The highest BCUT2D eigenvalue weighted by Gasteiger charge is 2.16. The molecular weight excluding hydrogens is 623 g/mol. The average Bonchev–Trinajstić information content (AvgIpc) is 3.58. The number of thiophene rings is 1. The van der Waals surface area contributed by atoms with Gasteiger partial charge in [-0.2, -0.15) is 0 Å². The first-order valence-corrected chi connectivity index (χ1v) is 17.9. The van der Waals surface area contributed by atoms with E-state index in [0.29, 0.717) is 0 Å². The molecule has 0 amide bonds. The monoisotopic (exact) mass is 653 g/mol. The summed E-state index contributed by atoms with van der Waals surface area (Å²) >= 11 is 1.87. The Hall–Kier alpha value is -6.22. The van der Waals surface area contributed by atoms with Gasteiger partial charge in [0.1, 0.15) is 0 Å². The third-order valence-corrected chi connectivity index (χ3v) is 11.2. The Balaban J connectivity index is 1.13. The second-order valence-corrected chi connectivity index (χ2v) is 14.0. The van der Waals surface area contributed by atoms with Gasteiger partial charge in [-0.1, -0.05) is 140 Å². The number of fused-ring (bicyclic) bond motifs is 8. The summed E-state index contributed by atoms with van der Waals surface area (Å²) in [5.41, 5.74) is 8.28. The molecule has 1 nitrogen and oxygen atoms in total. The molecule has 0 saturated heterocycles. The third kappa shape index (κ3) is 4.76. The first-order chi connectivity index (χ1) is 24.8. The number of nitrogens with zero attached hydrogens (tertiary/aromatic N) is 1. The summed E-state index contributed by atoms with van der Waals surface area (Å²) in [5.74, 6) is 0. The zero-order chi connectivity index (χ0) is 33.0. The van der Waals surface area contributed by atoms with Crippen LogP contribution < -0.4 is 4.90 Å². The Morgan fingerprint density at radius 1 is 0.320 bits per heavy atom. The van der Waals surface area contributed by atoms with E-state index >= 15 is 0 Å². The smallest absolute Gasteiger partial charge is 0.0468 e. The fraction of sp³-hybridized carbons (Fsp3) is 0. The zero-order valence-corrected chi connectivity index (χ0v) is 28.1. The average molecular weight is 654 g/mol. The van der Waals surface area contributed by atoms with Crippen LogP contribution in [0.2, 0.25) is 0 Å². The Kier molecular flexibility index (Phi) is 6.75. The largest absolute Gasteiger partial charge is 0.310 e. The van der Waals surface area contributed by atoms with Crippen molar-refractivity contribution < 1.29 is 0 Å². The van der Waals surface area contributed by atoms with Crippen molar-refractivity contribution in [3.8, 4) is 22.3 Å². The predicted molar refractivity (Wildman–Crippen MR) is 217 cm³/mol. The molecule has 9 aromatic carbocycles. The molecule has 1 aromatic heterocycles. The molecule has 10 aromatic rings. The summed E-state index contributed by atoms with van der Waals surface area (Å²) in [6.07, 6.45) is 0. The minimum Gasteiger partial charge on any atom is -0.310 e. The van der Waals surface area contributed by atoms with Gasteiger partial charge in [-0.05, 0) is 103 Å². The van der Waals surface area contributed by atoms with Gasteiger partial charge in [0.2, 0.25) is 0 Å². The molecule has 0 atom stereocenters. The molecule has 234 valence electrons. The quantitative estimate of drug-likeness (QED) is 0.167. The maximum Gasteiger partial charge on any atom is 0.0468 e. The van der Waals surface area contributed by atoms with E-state index in [4.69, 9.17) is 0 Å².